The standard InChI is InChI=1S/C17H13FO2S/c1-11-5-4-6-12-9-15(20-17(11)12)14(19)10-21-16-8-3-2-7-13(16)18/h2-9H,10H2,1H3. The molecule has 0 spiro atoms. The molecule has 0 saturated carbocycles. The lowest BCUT2D eigenvalue weighted by molar-refractivity contribution is 0.0994. The molecule has 1 aromatic heterocycles. The van der Waals surface area contributed by atoms with Gasteiger partial charge >= 0.3 is 0 Å². The molecule has 2 nitrogen and oxygen atoms in total. The zero-order chi connectivity index (χ0) is 14.8. The number of ketones is 1. The van der Waals surface area contributed by atoms with Gasteiger partial charge in [-0.1, -0.05) is 30.3 Å². The number of hydrogen-bond donors (Lipinski definition) is 0. The average Bonchev–Trinajstić information content (AvgIpc) is 2.92. The van der Waals surface area contributed by atoms with Crippen LogP contribution in [0.2, 0.25) is 0 Å². The van der Waals surface area contributed by atoms with Crippen molar-refractivity contribution in [3.05, 3.63) is 65.7 Å². The Labute approximate surface area is 126 Å². The van der Waals surface area contributed by atoms with Gasteiger partial charge in [0.25, 0.3) is 0 Å². The summed E-state index contributed by atoms with van der Waals surface area (Å²) in [4.78, 5) is 12.6. The van der Waals surface area contributed by atoms with Crippen LogP contribution in [0.1, 0.15) is 16.1 Å². The number of halogens is 1. The topological polar surface area (TPSA) is 30.2 Å². The predicted octanol–water partition coefficient (Wildman–Crippen LogP) is 4.86. The van der Waals surface area contributed by atoms with Crippen molar-refractivity contribution in [2.75, 3.05) is 5.75 Å². The molecule has 0 fully saturated rings. The van der Waals surface area contributed by atoms with Crippen LogP contribution in [-0.2, 0) is 0 Å². The van der Waals surface area contributed by atoms with Gasteiger partial charge in [-0.2, -0.15) is 0 Å². The zero-order valence-corrected chi connectivity index (χ0v) is 12.2. The van der Waals surface area contributed by atoms with E-state index in [9.17, 15) is 9.18 Å². The fourth-order valence-electron chi connectivity index (χ4n) is 2.12. The lowest BCUT2D eigenvalue weighted by Crippen LogP contribution is -2.00. The highest BCUT2D eigenvalue weighted by Gasteiger charge is 2.14. The number of benzene rings is 2. The third-order valence-corrected chi connectivity index (χ3v) is 4.26. The van der Waals surface area contributed by atoms with E-state index in [2.05, 4.69) is 0 Å². The molecular formula is C17H13FO2S. The molecule has 0 aliphatic rings. The maximum atomic E-state index is 13.5. The van der Waals surface area contributed by atoms with Crippen LogP contribution >= 0.6 is 11.8 Å². The molecule has 0 amide bonds. The Morgan fingerprint density at radius 1 is 1.19 bits per heavy atom. The number of thioether (sulfide) groups is 1. The molecule has 0 N–H and O–H groups in total. The summed E-state index contributed by atoms with van der Waals surface area (Å²) in [6, 6.07) is 13.9. The van der Waals surface area contributed by atoms with Crippen molar-refractivity contribution in [2.24, 2.45) is 0 Å². The summed E-state index contributed by atoms with van der Waals surface area (Å²) in [7, 11) is 0. The lowest BCUT2D eigenvalue weighted by atomic mass is 10.2. The Hall–Kier alpha value is -2.07. The van der Waals surface area contributed by atoms with Crippen molar-refractivity contribution in [3.8, 4) is 0 Å². The van der Waals surface area contributed by atoms with E-state index in [4.69, 9.17) is 4.42 Å². The van der Waals surface area contributed by atoms with Gasteiger partial charge in [0.2, 0.25) is 5.78 Å². The highest BCUT2D eigenvalue weighted by molar-refractivity contribution is 8.00. The van der Waals surface area contributed by atoms with Gasteiger partial charge in [-0.25, -0.2) is 4.39 Å². The van der Waals surface area contributed by atoms with Gasteiger partial charge < -0.3 is 4.42 Å². The molecule has 2 aromatic carbocycles. The molecule has 3 aromatic rings. The van der Waals surface area contributed by atoms with Crippen LogP contribution in [-0.4, -0.2) is 11.5 Å². The highest BCUT2D eigenvalue weighted by Crippen LogP contribution is 2.26. The summed E-state index contributed by atoms with van der Waals surface area (Å²) in [5.74, 6) is 0.0255. The second kappa shape index (κ2) is 5.74. The number of fused-ring (bicyclic) bond motifs is 1. The van der Waals surface area contributed by atoms with E-state index in [1.54, 1.807) is 24.3 Å². The smallest absolute Gasteiger partial charge is 0.208 e. The molecule has 0 bridgehead atoms. The van der Waals surface area contributed by atoms with Crippen molar-refractivity contribution in [1.29, 1.82) is 0 Å². The van der Waals surface area contributed by atoms with E-state index >= 15 is 0 Å². The van der Waals surface area contributed by atoms with E-state index in [1.807, 2.05) is 25.1 Å². The van der Waals surface area contributed by atoms with Crippen molar-refractivity contribution >= 4 is 28.5 Å². The Bertz CT molecular complexity index is 807. The lowest BCUT2D eigenvalue weighted by Gasteiger charge is -2.00. The minimum atomic E-state index is -0.309. The average molecular weight is 300 g/mol. The third-order valence-electron chi connectivity index (χ3n) is 3.21. The summed E-state index contributed by atoms with van der Waals surface area (Å²) in [5, 5.41) is 0.911. The first-order valence-electron chi connectivity index (χ1n) is 6.55. The Kier molecular flexibility index (Phi) is 3.80. The van der Waals surface area contributed by atoms with Crippen LogP contribution in [0.5, 0.6) is 0 Å². The number of para-hydroxylation sites is 1. The SMILES string of the molecule is Cc1cccc2cc(C(=O)CSc3ccccc3F)oc12. The fraction of sp³-hybridized carbons (Fsp3) is 0.118. The summed E-state index contributed by atoms with van der Waals surface area (Å²) < 4.78 is 19.1. The van der Waals surface area contributed by atoms with Crippen LogP contribution in [0.3, 0.4) is 0 Å². The number of Topliss-reactive ketones (excluding diaryl/α,β-unsaturated/α-hetero) is 1. The van der Waals surface area contributed by atoms with Gasteiger partial charge in [-0.05, 0) is 30.7 Å². The molecule has 106 valence electrons. The highest BCUT2D eigenvalue weighted by atomic mass is 32.2. The van der Waals surface area contributed by atoms with Gasteiger partial charge in [0.05, 0.1) is 5.75 Å². The molecular weight excluding hydrogens is 287 g/mol. The number of rotatable bonds is 4. The molecule has 21 heavy (non-hydrogen) atoms. The first kappa shape index (κ1) is 13.9. The van der Waals surface area contributed by atoms with Crippen LogP contribution < -0.4 is 0 Å². The normalized spacial score (nSPS) is 11.0. The monoisotopic (exact) mass is 300 g/mol. The van der Waals surface area contributed by atoms with E-state index in [0.29, 0.717) is 10.7 Å². The van der Waals surface area contributed by atoms with Crippen LogP contribution in [0, 0.1) is 12.7 Å². The molecule has 0 aliphatic carbocycles. The van der Waals surface area contributed by atoms with Crippen LogP contribution in [0.25, 0.3) is 11.0 Å². The van der Waals surface area contributed by atoms with E-state index in [-0.39, 0.29) is 17.4 Å². The third kappa shape index (κ3) is 2.85. The Morgan fingerprint density at radius 2 is 2.00 bits per heavy atom. The van der Waals surface area contributed by atoms with E-state index in [0.717, 1.165) is 16.5 Å². The molecule has 0 unspecified atom stereocenters. The van der Waals surface area contributed by atoms with Gasteiger partial charge in [0.15, 0.2) is 5.76 Å². The largest absolute Gasteiger partial charge is 0.453 e. The number of aryl methyl sites for hydroxylation is 1. The van der Waals surface area contributed by atoms with Crippen LogP contribution in [0.15, 0.2) is 57.8 Å². The minimum Gasteiger partial charge on any atom is -0.453 e. The zero-order valence-electron chi connectivity index (χ0n) is 11.4. The summed E-state index contributed by atoms with van der Waals surface area (Å²) in [6.45, 7) is 1.94. The van der Waals surface area contributed by atoms with E-state index < -0.39 is 0 Å². The maximum Gasteiger partial charge on any atom is 0.208 e. The first-order valence-corrected chi connectivity index (χ1v) is 7.53. The number of hydrogen-bond acceptors (Lipinski definition) is 3. The molecule has 3 rings (SSSR count). The summed E-state index contributed by atoms with van der Waals surface area (Å²) >= 11 is 1.18. The number of carbonyl (C=O) groups excluding carboxylic acids is 1. The Balaban J connectivity index is 1.78. The summed E-state index contributed by atoms with van der Waals surface area (Å²) in [5.41, 5.74) is 1.73. The molecule has 0 aliphatic heterocycles. The molecule has 0 atom stereocenters. The fourth-order valence-corrected chi connectivity index (χ4v) is 2.93. The van der Waals surface area contributed by atoms with Gasteiger partial charge in [-0.15, -0.1) is 11.8 Å². The van der Waals surface area contributed by atoms with Gasteiger partial charge in [-0.3, -0.25) is 4.79 Å². The number of furan rings is 1. The van der Waals surface area contributed by atoms with Gasteiger partial charge in [0.1, 0.15) is 11.4 Å². The quantitative estimate of drug-likeness (QED) is 0.509. The van der Waals surface area contributed by atoms with Crippen molar-refractivity contribution in [3.63, 3.8) is 0 Å². The predicted molar refractivity (Wildman–Crippen MR) is 82.4 cm³/mol. The maximum absolute atomic E-state index is 13.5. The molecule has 0 saturated heterocycles. The molecule has 4 heteroatoms. The molecule has 1 heterocycles. The minimum absolute atomic E-state index is 0.140. The second-order valence-electron chi connectivity index (χ2n) is 4.75. The second-order valence-corrected chi connectivity index (χ2v) is 5.76. The van der Waals surface area contributed by atoms with Crippen LogP contribution in [0.4, 0.5) is 4.39 Å². The van der Waals surface area contributed by atoms with Crippen molar-refractivity contribution < 1.29 is 13.6 Å². The number of carbonyl (C=O) groups is 1. The Morgan fingerprint density at radius 3 is 2.76 bits per heavy atom. The van der Waals surface area contributed by atoms with Gasteiger partial charge in [0, 0.05) is 10.3 Å². The van der Waals surface area contributed by atoms with Crippen molar-refractivity contribution in [1.82, 2.24) is 0 Å². The molecule has 0 radical (unpaired) electrons. The summed E-state index contributed by atoms with van der Waals surface area (Å²) in [6.07, 6.45) is 0. The first-order chi connectivity index (χ1) is 10.1. The van der Waals surface area contributed by atoms with Crippen molar-refractivity contribution in [2.45, 2.75) is 11.8 Å². The van der Waals surface area contributed by atoms with E-state index in [1.165, 1.54) is 17.8 Å².